The van der Waals surface area contributed by atoms with Gasteiger partial charge < -0.3 is 5.32 Å². The van der Waals surface area contributed by atoms with Gasteiger partial charge in [0.15, 0.2) is 0 Å². The number of benzene rings is 1. The molecule has 18 heavy (non-hydrogen) atoms. The molecule has 1 N–H and O–H groups in total. The van der Waals surface area contributed by atoms with Crippen LogP contribution in [0.3, 0.4) is 0 Å². The third-order valence-electron chi connectivity index (χ3n) is 3.75. The minimum Gasteiger partial charge on any atom is -0.319 e. The van der Waals surface area contributed by atoms with Crippen molar-refractivity contribution in [1.29, 1.82) is 0 Å². The van der Waals surface area contributed by atoms with Gasteiger partial charge in [-0.25, -0.2) is 4.98 Å². The van der Waals surface area contributed by atoms with Crippen LogP contribution in [0.5, 0.6) is 0 Å². The number of thiazole rings is 1. The Morgan fingerprint density at radius 2 is 2.11 bits per heavy atom. The maximum Gasteiger partial charge on any atom is 0.101 e. The van der Waals surface area contributed by atoms with Crippen LogP contribution >= 0.6 is 11.3 Å². The van der Waals surface area contributed by atoms with Crippen LogP contribution in [0.2, 0.25) is 0 Å². The summed E-state index contributed by atoms with van der Waals surface area (Å²) in [4.78, 5) is 4.87. The van der Waals surface area contributed by atoms with Gasteiger partial charge in [-0.05, 0) is 32.4 Å². The zero-order chi connectivity index (χ0) is 12.6. The second kappa shape index (κ2) is 4.48. The first-order valence-corrected chi connectivity index (χ1v) is 7.30. The zero-order valence-corrected chi connectivity index (χ0v) is 11.7. The van der Waals surface area contributed by atoms with Gasteiger partial charge in [0, 0.05) is 22.9 Å². The molecule has 0 atom stereocenters. The van der Waals surface area contributed by atoms with Gasteiger partial charge in [0.05, 0.1) is 5.69 Å². The summed E-state index contributed by atoms with van der Waals surface area (Å²) in [7, 11) is 2.02. The standard InChI is InChI=1S/C15H18N2S/c1-11-5-3-4-6-12(11)13-9-18-14(17-13)15(7-8-15)10-16-2/h3-6,9,16H,7-8,10H2,1-2H3. The van der Waals surface area contributed by atoms with Gasteiger partial charge in [0.25, 0.3) is 0 Å². The molecule has 1 fully saturated rings. The van der Waals surface area contributed by atoms with Crippen LogP contribution in [-0.4, -0.2) is 18.6 Å². The van der Waals surface area contributed by atoms with E-state index in [1.54, 1.807) is 0 Å². The van der Waals surface area contributed by atoms with E-state index in [4.69, 9.17) is 4.98 Å². The van der Waals surface area contributed by atoms with Gasteiger partial charge in [-0.1, -0.05) is 24.3 Å². The van der Waals surface area contributed by atoms with Crippen LogP contribution in [0.25, 0.3) is 11.3 Å². The van der Waals surface area contributed by atoms with Crippen LogP contribution in [0, 0.1) is 6.92 Å². The third-order valence-corrected chi connectivity index (χ3v) is 4.84. The Labute approximate surface area is 112 Å². The SMILES string of the molecule is CNCC1(c2nc(-c3ccccc3C)cs2)CC1. The summed E-state index contributed by atoms with van der Waals surface area (Å²) in [5.41, 5.74) is 4.03. The molecule has 3 rings (SSSR count). The molecular formula is C15H18N2S. The molecule has 1 heterocycles. The maximum atomic E-state index is 4.87. The van der Waals surface area contributed by atoms with Crippen molar-refractivity contribution < 1.29 is 0 Å². The Hall–Kier alpha value is -1.19. The van der Waals surface area contributed by atoms with Crippen molar-refractivity contribution in [2.45, 2.75) is 25.2 Å². The largest absolute Gasteiger partial charge is 0.319 e. The molecule has 0 unspecified atom stereocenters. The van der Waals surface area contributed by atoms with Gasteiger partial charge in [-0.3, -0.25) is 0 Å². The topological polar surface area (TPSA) is 24.9 Å². The first-order chi connectivity index (χ1) is 8.75. The lowest BCUT2D eigenvalue weighted by atomic mass is 10.1. The fourth-order valence-corrected chi connectivity index (χ4v) is 3.54. The van der Waals surface area contributed by atoms with E-state index in [0.29, 0.717) is 5.41 Å². The summed E-state index contributed by atoms with van der Waals surface area (Å²) in [5, 5.41) is 6.80. The second-order valence-corrected chi connectivity index (χ2v) is 6.02. The molecule has 0 bridgehead atoms. The Balaban J connectivity index is 1.93. The van der Waals surface area contributed by atoms with Gasteiger partial charge in [-0.2, -0.15) is 0 Å². The average molecular weight is 258 g/mol. The van der Waals surface area contributed by atoms with Crippen LogP contribution in [0.4, 0.5) is 0 Å². The van der Waals surface area contributed by atoms with E-state index in [0.717, 1.165) is 12.2 Å². The lowest BCUT2D eigenvalue weighted by Crippen LogP contribution is -2.23. The summed E-state index contributed by atoms with van der Waals surface area (Å²) in [5.74, 6) is 0. The molecule has 94 valence electrons. The number of aryl methyl sites for hydroxylation is 1. The van der Waals surface area contributed by atoms with Crippen molar-refractivity contribution in [3.63, 3.8) is 0 Å². The average Bonchev–Trinajstić information content (AvgIpc) is 2.99. The molecule has 2 nitrogen and oxygen atoms in total. The monoisotopic (exact) mass is 258 g/mol. The van der Waals surface area contributed by atoms with E-state index < -0.39 is 0 Å². The maximum absolute atomic E-state index is 4.87. The number of hydrogen-bond donors (Lipinski definition) is 1. The van der Waals surface area contributed by atoms with Gasteiger partial charge in [0.2, 0.25) is 0 Å². The first kappa shape index (κ1) is 11.9. The number of likely N-dealkylation sites (N-methyl/N-ethyl adjacent to an activating group) is 1. The predicted octanol–water partition coefficient (Wildman–Crippen LogP) is 3.37. The predicted molar refractivity (Wildman–Crippen MR) is 77.1 cm³/mol. The van der Waals surface area contributed by atoms with E-state index in [-0.39, 0.29) is 0 Å². The van der Waals surface area contributed by atoms with Crippen molar-refractivity contribution in [3.8, 4) is 11.3 Å². The van der Waals surface area contributed by atoms with Gasteiger partial charge in [0.1, 0.15) is 5.01 Å². The minimum atomic E-state index is 0.334. The summed E-state index contributed by atoms with van der Waals surface area (Å²) < 4.78 is 0. The molecule has 0 saturated heterocycles. The summed E-state index contributed by atoms with van der Waals surface area (Å²) in [6.45, 7) is 3.20. The van der Waals surface area contributed by atoms with E-state index in [2.05, 4.69) is 41.9 Å². The minimum absolute atomic E-state index is 0.334. The van der Waals surface area contributed by atoms with Crippen molar-refractivity contribution in [2.75, 3.05) is 13.6 Å². The Morgan fingerprint density at radius 3 is 2.78 bits per heavy atom. The molecule has 1 aromatic heterocycles. The highest BCUT2D eigenvalue weighted by molar-refractivity contribution is 7.10. The summed E-state index contributed by atoms with van der Waals surface area (Å²) >= 11 is 1.81. The van der Waals surface area contributed by atoms with E-state index in [9.17, 15) is 0 Å². The van der Waals surface area contributed by atoms with Crippen molar-refractivity contribution in [1.82, 2.24) is 10.3 Å². The highest BCUT2D eigenvalue weighted by Gasteiger charge is 2.46. The highest BCUT2D eigenvalue weighted by atomic mass is 32.1. The Bertz CT molecular complexity index is 555. The quantitative estimate of drug-likeness (QED) is 0.909. The Kier molecular flexibility index (Phi) is 2.96. The third kappa shape index (κ3) is 1.98. The molecule has 0 aliphatic heterocycles. The lowest BCUT2D eigenvalue weighted by molar-refractivity contribution is 0.621. The molecule has 1 aliphatic carbocycles. The number of rotatable bonds is 4. The van der Waals surface area contributed by atoms with Crippen molar-refractivity contribution >= 4 is 11.3 Å². The van der Waals surface area contributed by atoms with Crippen LogP contribution < -0.4 is 5.32 Å². The number of aromatic nitrogens is 1. The fraction of sp³-hybridized carbons (Fsp3) is 0.400. The van der Waals surface area contributed by atoms with Crippen molar-refractivity contribution in [2.24, 2.45) is 0 Å². The summed E-state index contributed by atoms with van der Waals surface area (Å²) in [6.07, 6.45) is 2.54. The second-order valence-electron chi connectivity index (χ2n) is 5.16. The molecule has 2 aromatic rings. The van der Waals surface area contributed by atoms with E-state index in [1.165, 1.54) is 29.0 Å². The first-order valence-electron chi connectivity index (χ1n) is 6.42. The van der Waals surface area contributed by atoms with Gasteiger partial charge in [-0.15, -0.1) is 11.3 Å². The molecular weight excluding hydrogens is 240 g/mol. The summed E-state index contributed by atoms with van der Waals surface area (Å²) in [6, 6.07) is 8.47. The van der Waals surface area contributed by atoms with E-state index >= 15 is 0 Å². The van der Waals surface area contributed by atoms with Crippen LogP contribution in [0.1, 0.15) is 23.4 Å². The number of hydrogen-bond acceptors (Lipinski definition) is 3. The number of nitrogens with one attached hydrogen (secondary N) is 1. The lowest BCUT2D eigenvalue weighted by Gasteiger charge is -2.10. The van der Waals surface area contributed by atoms with Gasteiger partial charge >= 0.3 is 0 Å². The zero-order valence-electron chi connectivity index (χ0n) is 10.9. The highest BCUT2D eigenvalue weighted by Crippen LogP contribution is 2.49. The molecule has 0 spiro atoms. The molecule has 0 radical (unpaired) electrons. The fourth-order valence-electron chi connectivity index (χ4n) is 2.46. The normalized spacial score (nSPS) is 16.8. The molecule has 1 saturated carbocycles. The Morgan fingerprint density at radius 1 is 1.33 bits per heavy atom. The van der Waals surface area contributed by atoms with Crippen molar-refractivity contribution in [3.05, 3.63) is 40.2 Å². The molecule has 1 aliphatic rings. The molecule has 3 heteroatoms. The number of nitrogens with zero attached hydrogens (tertiary/aromatic N) is 1. The van der Waals surface area contributed by atoms with Crippen LogP contribution in [-0.2, 0) is 5.41 Å². The molecule has 1 aromatic carbocycles. The molecule has 0 amide bonds. The van der Waals surface area contributed by atoms with Crippen LogP contribution in [0.15, 0.2) is 29.6 Å². The van der Waals surface area contributed by atoms with E-state index in [1.807, 2.05) is 18.4 Å². The smallest absolute Gasteiger partial charge is 0.101 e.